The molecule has 4 nitrogen and oxygen atoms in total. The molecule has 0 amide bonds. The van der Waals surface area contributed by atoms with Gasteiger partial charge in [0.25, 0.3) is 0 Å². The lowest BCUT2D eigenvalue weighted by Gasteiger charge is -2.18. The van der Waals surface area contributed by atoms with Crippen LogP contribution in [0.1, 0.15) is 39.7 Å². The molecule has 0 atom stereocenters. The number of rotatable bonds is 7. The summed E-state index contributed by atoms with van der Waals surface area (Å²) in [6.07, 6.45) is 0.712. The van der Waals surface area contributed by atoms with Crippen molar-refractivity contribution in [3.8, 4) is 0 Å². The highest BCUT2D eigenvalue weighted by Crippen LogP contribution is 2.20. The first-order valence-corrected chi connectivity index (χ1v) is 8.63. The van der Waals surface area contributed by atoms with E-state index in [9.17, 15) is 12.8 Å². The van der Waals surface area contributed by atoms with Gasteiger partial charge in [0, 0.05) is 13.1 Å². The number of halogens is 1. The molecule has 0 saturated carbocycles. The molecule has 1 rings (SSSR count). The predicted molar refractivity (Wildman–Crippen MR) is 83.0 cm³/mol. The zero-order chi connectivity index (χ0) is 16.1. The number of sulfonamides is 1. The van der Waals surface area contributed by atoms with Crippen molar-refractivity contribution in [1.29, 1.82) is 0 Å². The summed E-state index contributed by atoms with van der Waals surface area (Å²) in [5.41, 5.74) is 0.610. The highest BCUT2D eigenvalue weighted by Gasteiger charge is 2.20. The van der Waals surface area contributed by atoms with Crippen LogP contribution in [0, 0.1) is 11.2 Å². The van der Waals surface area contributed by atoms with Crippen molar-refractivity contribution in [1.82, 2.24) is 10.0 Å². The molecule has 0 bridgehead atoms. The smallest absolute Gasteiger partial charge is 0.240 e. The third-order valence-electron chi connectivity index (χ3n) is 3.05. The fourth-order valence-corrected chi connectivity index (χ4v) is 3.10. The summed E-state index contributed by atoms with van der Waals surface area (Å²) in [6, 6.07) is 3.86. The second-order valence-corrected chi connectivity index (χ2v) is 7.98. The van der Waals surface area contributed by atoms with E-state index in [1.165, 1.54) is 12.1 Å². The Bertz CT molecular complexity index is 566. The van der Waals surface area contributed by atoms with Crippen molar-refractivity contribution in [2.24, 2.45) is 5.41 Å². The van der Waals surface area contributed by atoms with Crippen molar-refractivity contribution in [3.63, 3.8) is 0 Å². The molecule has 0 aliphatic rings. The largest absolute Gasteiger partial charge is 0.313 e. The van der Waals surface area contributed by atoms with Gasteiger partial charge in [0.1, 0.15) is 5.82 Å². The van der Waals surface area contributed by atoms with Gasteiger partial charge in [-0.15, -0.1) is 0 Å². The summed E-state index contributed by atoms with van der Waals surface area (Å²) in [5, 5.41) is 3.06. The summed E-state index contributed by atoms with van der Waals surface area (Å²) in [4.78, 5) is 0.0114. The first kappa shape index (κ1) is 18.1. The molecule has 1 aromatic rings. The van der Waals surface area contributed by atoms with Crippen LogP contribution in [0.4, 0.5) is 4.39 Å². The maximum absolute atomic E-state index is 13.4. The first-order valence-electron chi connectivity index (χ1n) is 7.14. The van der Waals surface area contributed by atoms with Gasteiger partial charge in [-0.05, 0) is 36.1 Å². The fourth-order valence-electron chi connectivity index (χ4n) is 1.82. The summed E-state index contributed by atoms with van der Waals surface area (Å²) < 4.78 is 40.6. The van der Waals surface area contributed by atoms with Crippen LogP contribution in [-0.4, -0.2) is 21.5 Å². The molecule has 21 heavy (non-hydrogen) atoms. The minimum atomic E-state index is -3.70. The standard InChI is InChI=1S/C15H25FN2O2S/c1-5-17-11-12-6-7-13(16)10-14(12)21(19,20)18-9-8-15(2,3)4/h6-7,10,17-18H,5,8-9,11H2,1-4H3. The van der Waals surface area contributed by atoms with E-state index in [4.69, 9.17) is 0 Å². The van der Waals surface area contributed by atoms with Crippen LogP contribution in [0.25, 0.3) is 0 Å². The lowest BCUT2D eigenvalue weighted by Crippen LogP contribution is -2.29. The van der Waals surface area contributed by atoms with E-state index in [0.29, 0.717) is 31.6 Å². The molecule has 1 aromatic carbocycles. The average Bonchev–Trinajstić information content (AvgIpc) is 2.35. The van der Waals surface area contributed by atoms with Crippen molar-refractivity contribution in [2.45, 2.75) is 45.6 Å². The Labute approximate surface area is 127 Å². The summed E-state index contributed by atoms with van der Waals surface area (Å²) in [7, 11) is -3.70. The highest BCUT2D eigenvalue weighted by molar-refractivity contribution is 7.89. The second kappa shape index (κ2) is 7.33. The van der Waals surface area contributed by atoms with Crippen molar-refractivity contribution in [3.05, 3.63) is 29.6 Å². The molecule has 0 aliphatic carbocycles. The topological polar surface area (TPSA) is 58.2 Å². The van der Waals surface area contributed by atoms with E-state index in [-0.39, 0.29) is 10.3 Å². The van der Waals surface area contributed by atoms with Crippen LogP contribution in [0.5, 0.6) is 0 Å². The van der Waals surface area contributed by atoms with Crippen LogP contribution in [-0.2, 0) is 16.6 Å². The van der Waals surface area contributed by atoms with Crippen LogP contribution >= 0.6 is 0 Å². The van der Waals surface area contributed by atoms with Gasteiger partial charge in [-0.25, -0.2) is 17.5 Å². The maximum atomic E-state index is 13.4. The van der Waals surface area contributed by atoms with E-state index >= 15 is 0 Å². The third-order valence-corrected chi connectivity index (χ3v) is 4.59. The van der Waals surface area contributed by atoms with Crippen LogP contribution in [0.2, 0.25) is 0 Å². The van der Waals surface area contributed by atoms with E-state index in [1.807, 2.05) is 27.7 Å². The van der Waals surface area contributed by atoms with Crippen molar-refractivity contribution >= 4 is 10.0 Å². The first-order chi connectivity index (χ1) is 9.65. The number of benzene rings is 1. The monoisotopic (exact) mass is 316 g/mol. The zero-order valence-electron chi connectivity index (χ0n) is 13.2. The Morgan fingerprint density at radius 3 is 2.48 bits per heavy atom. The normalized spacial score (nSPS) is 12.6. The molecular weight excluding hydrogens is 291 g/mol. The highest BCUT2D eigenvalue weighted by atomic mass is 32.2. The second-order valence-electron chi connectivity index (χ2n) is 6.24. The minimum absolute atomic E-state index is 0.0114. The van der Waals surface area contributed by atoms with Gasteiger partial charge >= 0.3 is 0 Å². The molecule has 0 heterocycles. The molecule has 120 valence electrons. The van der Waals surface area contributed by atoms with Gasteiger partial charge < -0.3 is 5.32 Å². The Morgan fingerprint density at radius 1 is 1.24 bits per heavy atom. The molecular formula is C15H25FN2O2S. The van der Waals surface area contributed by atoms with Gasteiger partial charge in [-0.3, -0.25) is 0 Å². The molecule has 0 fully saturated rings. The SMILES string of the molecule is CCNCc1ccc(F)cc1S(=O)(=O)NCCC(C)(C)C. The molecule has 0 saturated heterocycles. The van der Waals surface area contributed by atoms with E-state index in [1.54, 1.807) is 0 Å². The van der Waals surface area contributed by atoms with Gasteiger partial charge in [0.05, 0.1) is 4.90 Å². The number of nitrogens with one attached hydrogen (secondary N) is 2. The molecule has 6 heteroatoms. The minimum Gasteiger partial charge on any atom is -0.313 e. The summed E-state index contributed by atoms with van der Waals surface area (Å²) in [6.45, 7) is 9.50. The van der Waals surface area contributed by atoms with E-state index in [0.717, 1.165) is 6.07 Å². The van der Waals surface area contributed by atoms with Gasteiger partial charge in [0.15, 0.2) is 0 Å². The van der Waals surface area contributed by atoms with Crippen LogP contribution in [0.3, 0.4) is 0 Å². The average molecular weight is 316 g/mol. The molecule has 0 aromatic heterocycles. The maximum Gasteiger partial charge on any atom is 0.240 e. The van der Waals surface area contributed by atoms with Gasteiger partial charge in [0.2, 0.25) is 10.0 Å². The Hall–Kier alpha value is -0.980. The molecule has 0 aliphatic heterocycles. The lowest BCUT2D eigenvalue weighted by molar-refractivity contribution is 0.378. The predicted octanol–water partition coefficient (Wildman–Crippen LogP) is 2.65. The molecule has 2 N–H and O–H groups in total. The van der Waals surface area contributed by atoms with E-state index in [2.05, 4.69) is 10.0 Å². The van der Waals surface area contributed by atoms with Crippen molar-refractivity contribution in [2.75, 3.05) is 13.1 Å². The van der Waals surface area contributed by atoms with Crippen LogP contribution in [0.15, 0.2) is 23.1 Å². The summed E-state index contributed by atoms with van der Waals surface area (Å²) >= 11 is 0. The molecule has 0 unspecified atom stereocenters. The Balaban J connectivity index is 2.93. The molecule has 0 spiro atoms. The third kappa shape index (κ3) is 6.11. The lowest BCUT2D eigenvalue weighted by atomic mass is 9.93. The van der Waals surface area contributed by atoms with E-state index < -0.39 is 15.8 Å². The van der Waals surface area contributed by atoms with Crippen LogP contribution < -0.4 is 10.0 Å². The fraction of sp³-hybridized carbons (Fsp3) is 0.600. The molecule has 0 radical (unpaired) electrons. The summed E-state index contributed by atoms with van der Waals surface area (Å²) in [5.74, 6) is -0.550. The number of hydrogen-bond donors (Lipinski definition) is 2. The quantitative estimate of drug-likeness (QED) is 0.813. The van der Waals surface area contributed by atoms with Gasteiger partial charge in [-0.1, -0.05) is 33.8 Å². The zero-order valence-corrected chi connectivity index (χ0v) is 14.0. The number of hydrogen-bond acceptors (Lipinski definition) is 3. The Morgan fingerprint density at radius 2 is 1.90 bits per heavy atom. The van der Waals surface area contributed by atoms with Crippen molar-refractivity contribution < 1.29 is 12.8 Å². The van der Waals surface area contributed by atoms with Gasteiger partial charge in [-0.2, -0.15) is 0 Å². The Kier molecular flexibility index (Phi) is 6.31.